The van der Waals surface area contributed by atoms with Crippen LogP contribution in [0.2, 0.25) is 0 Å². The van der Waals surface area contributed by atoms with E-state index in [0.717, 1.165) is 5.75 Å². The van der Waals surface area contributed by atoms with E-state index in [1.54, 1.807) is 18.9 Å². The van der Waals surface area contributed by atoms with Crippen molar-refractivity contribution in [2.75, 3.05) is 12.3 Å². The Labute approximate surface area is 82.1 Å². The summed E-state index contributed by atoms with van der Waals surface area (Å²) in [5.74, 6) is 0.895. The van der Waals surface area contributed by atoms with Crippen LogP contribution in [0.15, 0.2) is 23.1 Å². The van der Waals surface area contributed by atoms with Crippen molar-refractivity contribution >= 4 is 23.4 Å². The van der Waals surface area contributed by atoms with Gasteiger partial charge in [0.1, 0.15) is 5.75 Å². The molecule has 0 amide bonds. The monoisotopic (exact) mass is 202 g/mol. The predicted molar refractivity (Wildman–Crippen MR) is 54.3 cm³/mol. The fourth-order valence-corrected chi connectivity index (χ4v) is 1.89. The summed E-state index contributed by atoms with van der Waals surface area (Å²) in [4.78, 5) is 1.21. The first kappa shape index (κ1) is 9.75. The Morgan fingerprint density at radius 2 is 2.25 bits per heavy atom. The van der Waals surface area contributed by atoms with Crippen LogP contribution in [0.5, 0.6) is 5.75 Å². The Morgan fingerprint density at radius 1 is 1.50 bits per heavy atom. The maximum absolute atomic E-state index is 5.61. The molecular formula is C9H11ClOS. The molecule has 0 bridgehead atoms. The van der Waals surface area contributed by atoms with Crippen molar-refractivity contribution in [1.29, 1.82) is 0 Å². The van der Waals surface area contributed by atoms with Crippen molar-refractivity contribution < 1.29 is 4.74 Å². The molecule has 1 aromatic rings. The van der Waals surface area contributed by atoms with Crippen LogP contribution in [0.3, 0.4) is 0 Å². The second-order valence-corrected chi connectivity index (χ2v) is 3.99. The van der Waals surface area contributed by atoms with E-state index in [1.165, 1.54) is 10.5 Å². The molecule has 12 heavy (non-hydrogen) atoms. The van der Waals surface area contributed by atoms with Crippen LogP contribution in [0, 0.1) is 6.92 Å². The van der Waals surface area contributed by atoms with Crippen molar-refractivity contribution in [2.24, 2.45) is 0 Å². The molecule has 0 radical (unpaired) electrons. The highest BCUT2D eigenvalue weighted by Crippen LogP contribution is 2.26. The van der Waals surface area contributed by atoms with Gasteiger partial charge in [0, 0.05) is 4.90 Å². The molecule has 0 spiro atoms. The van der Waals surface area contributed by atoms with Gasteiger partial charge in [-0.05, 0) is 30.7 Å². The number of benzene rings is 1. The van der Waals surface area contributed by atoms with Gasteiger partial charge in [-0.25, -0.2) is 0 Å². The van der Waals surface area contributed by atoms with Gasteiger partial charge in [0.15, 0.2) is 0 Å². The molecule has 0 aromatic heterocycles. The van der Waals surface area contributed by atoms with Gasteiger partial charge in [-0.2, -0.15) is 0 Å². The molecule has 0 N–H and O–H groups in total. The van der Waals surface area contributed by atoms with Gasteiger partial charge in [-0.1, -0.05) is 0 Å². The number of hydrogen-bond donors (Lipinski definition) is 0. The number of thioether (sulfide) groups is 1. The molecule has 66 valence electrons. The van der Waals surface area contributed by atoms with Crippen LogP contribution >= 0.6 is 23.4 Å². The summed E-state index contributed by atoms with van der Waals surface area (Å²) in [6.07, 6.45) is 0. The molecule has 0 fully saturated rings. The van der Waals surface area contributed by atoms with E-state index in [9.17, 15) is 0 Å². The maximum Gasteiger partial charge on any atom is 0.119 e. The smallest absolute Gasteiger partial charge is 0.119 e. The fourth-order valence-electron chi connectivity index (χ4n) is 0.970. The topological polar surface area (TPSA) is 9.23 Å². The van der Waals surface area contributed by atoms with E-state index in [4.69, 9.17) is 16.3 Å². The predicted octanol–water partition coefficient (Wildman–Crippen LogP) is 3.29. The Morgan fingerprint density at radius 3 is 2.75 bits per heavy atom. The molecule has 0 aliphatic carbocycles. The first-order chi connectivity index (χ1) is 5.77. The van der Waals surface area contributed by atoms with Crippen molar-refractivity contribution in [3.8, 4) is 5.75 Å². The summed E-state index contributed by atoms with van der Waals surface area (Å²) in [5.41, 5.74) is 1.21. The summed E-state index contributed by atoms with van der Waals surface area (Å²) in [6, 6.07) is 5.98. The van der Waals surface area contributed by atoms with Crippen molar-refractivity contribution in [3.63, 3.8) is 0 Å². The quantitative estimate of drug-likeness (QED) is 0.550. The lowest BCUT2D eigenvalue weighted by Crippen LogP contribution is -1.85. The number of alkyl halides is 1. The van der Waals surface area contributed by atoms with E-state index in [0.29, 0.717) is 5.21 Å². The van der Waals surface area contributed by atoms with Crippen LogP contribution in [0.4, 0.5) is 0 Å². The first-order valence-corrected chi connectivity index (χ1v) is 5.13. The van der Waals surface area contributed by atoms with E-state index in [2.05, 4.69) is 6.92 Å². The zero-order chi connectivity index (χ0) is 8.97. The minimum Gasteiger partial charge on any atom is -0.497 e. The van der Waals surface area contributed by atoms with Gasteiger partial charge < -0.3 is 4.74 Å². The first-order valence-electron chi connectivity index (χ1n) is 3.61. The lowest BCUT2D eigenvalue weighted by atomic mass is 10.2. The molecule has 0 heterocycles. The van der Waals surface area contributed by atoms with Crippen molar-refractivity contribution in [2.45, 2.75) is 11.8 Å². The molecule has 0 saturated heterocycles. The fraction of sp³-hybridized carbons (Fsp3) is 0.333. The van der Waals surface area contributed by atoms with E-state index in [-0.39, 0.29) is 0 Å². The van der Waals surface area contributed by atoms with Gasteiger partial charge in [0.25, 0.3) is 0 Å². The molecule has 0 atom stereocenters. The summed E-state index contributed by atoms with van der Waals surface area (Å²) in [6.45, 7) is 2.05. The van der Waals surface area contributed by atoms with Crippen LogP contribution in [0.25, 0.3) is 0 Å². The van der Waals surface area contributed by atoms with Gasteiger partial charge in [-0.3, -0.25) is 0 Å². The number of hydrogen-bond acceptors (Lipinski definition) is 2. The Kier molecular flexibility index (Phi) is 3.76. The van der Waals surface area contributed by atoms with Crippen LogP contribution < -0.4 is 4.74 Å². The molecule has 0 unspecified atom stereocenters. The second-order valence-electron chi connectivity index (χ2n) is 2.38. The molecular weight excluding hydrogens is 192 g/mol. The third-order valence-electron chi connectivity index (χ3n) is 1.59. The Balaban J connectivity index is 2.87. The van der Waals surface area contributed by atoms with E-state index < -0.39 is 0 Å². The molecule has 3 heteroatoms. The average molecular weight is 203 g/mol. The number of methoxy groups -OCH3 is 1. The molecule has 0 saturated carbocycles. The lowest BCUT2D eigenvalue weighted by molar-refractivity contribution is 0.414. The third-order valence-corrected chi connectivity index (χ3v) is 2.80. The highest BCUT2D eigenvalue weighted by molar-refractivity contribution is 8.00. The summed E-state index contributed by atoms with van der Waals surface area (Å²) in [7, 11) is 1.67. The van der Waals surface area contributed by atoms with Crippen molar-refractivity contribution in [3.05, 3.63) is 23.8 Å². The highest BCUT2D eigenvalue weighted by Gasteiger charge is 1.99. The number of rotatable bonds is 3. The summed E-state index contributed by atoms with van der Waals surface area (Å²) < 4.78 is 5.09. The summed E-state index contributed by atoms with van der Waals surface area (Å²) in [5, 5.41) is 0.590. The number of halogens is 1. The van der Waals surface area contributed by atoms with Gasteiger partial charge in [0.05, 0.1) is 12.3 Å². The Hall–Kier alpha value is -0.340. The zero-order valence-corrected chi connectivity index (χ0v) is 8.71. The van der Waals surface area contributed by atoms with Crippen LogP contribution in [0.1, 0.15) is 5.56 Å². The molecule has 0 aliphatic heterocycles. The van der Waals surface area contributed by atoms with Crippen LogP contribution in [-0.4, -0.2) is 12.3 Å². The number of ether oxygens (including phenoxy) is 1. The average Bonchev–Trinajstić information content (AvgIpc) is 2.09. The summed E-state index contributed by atoms with van der Waals surface area (Å²) >= 11 is 7.24. The normalized spacial score (nSPS) is 9.92. The molecule has 1 aromatic carbocycles. The highest BCUT2D eigenvalue weighted by atomic mass is 35.5. The van der Waals surface area contributed by atoms with Crippen LogP contribution in [-0.2, 0) is 0 Å². The van der Waals surface area contributed by atoms with E-state index in [1.807, 2.05) is 18.2 Å². The molecule has 0 aliphatic rings. The van der Waals surface area contributed by atoms with Gasteiger partial charge in [0.2, 0.25) is 0 Å². The lowest BCUT2D eigenvalue weighted by Gasteiger charge is -2.05. The number of aryl methyl sites for hydroxylation is 1. The third kappa shape index (κ3) is 2.32. The molecule has 1 nitrogen and oxygen atoms in total. The second kappa shape index (κ2) is 4.63. The minimum atomic E-state index is 0.590. The zero-order valence-electron chi connectivity index (χ0n) is 7.13. The minimum absolute atomic E-state index is 0.590. The largest absolute Gasteiger partial charge is 0.497 e. The van der Waals surface area contributed by atoms with Gasteiger partial charge >= 0.3 is 0 Å². The van der Waals surface area contributed by atoms with E-state index >= 15 is 0 Å². The SMILES string of the molecule is COc1ccc(SCCl)c(C)c1. The molecule has 1 rings (SSSR count). The maximum atomic E-state index is 5.61. The standard InChI is InChI=1S/C9H11ClOS/c1-7-5-8(11-2)3-4-9(7)12-6-10/h3-5H,6H2,1-2H3. The Bertz CT molecular complexity index is 263. The van der Waals surface area contributed by atoms with Crippen molar-refractivity contribution in [1.82, 2.24) is 0 Å². The van der Waals surface area contributed by atoms with Gasteiger partial charge in [-0.15, -0.1) is 23.4 Å².